The molecule has 0 aliphatic carbocycles. The number of carbonyl (C=O) groups excluding carboxylic acids is 2. The highest BCUT2D eigenvalue weighted by Gasteiger charge is 2.18. The molecule has 83 heavy (non-hydrogen) atoms. The van der Waals surface area contributed by atoms with Crippen LogP contribution in [-0.4, -0.2) is 47.4 Å². The van der Waals surface area contributed by atoms with Crippen LogP contribution < -0.4 is 5.32 Å². The lowest BCUT2D eigenvalue weighted by molar-refractivity contribution is -0.143. The highest BCUT2D eigenvalue weighted by atomic mass is 16.5. The molecule has 492 valence electrons. The highest BCUT2D eigenvalue weighted by Crippen LogP contribution is 2.19. The minimum absolute atomic E-state index is 0.0206. The molecule has 0 aliphatic heterocycles. The molecule has 2 atom stereocenters. The Kier molecular flexibility index (Phi) is 71.4. The average molecular weight is 1170 g/mol. The normalized spacial score (nSPS) is 12.6. The van der Waals surface area contributed by atoms with Crippen LogP contribution in [0.25, 0.3) is 0 Å². The summed E-state index contributed by atoms with van der Waals surface area (Å²) in [5.74, 6) is -0.0420. The van der Waals surface area contributed by atoms with E-state index >= 15 is 0 Å². The Labute approximate surface area is 520 Å². The van der Waals surface area contributed by atoms with E-state index in [4.69, 9.17) is 4.74 Å². The number of unbranched alkanes of at least 4 members (excludes halogenated alkanes) is 59. The molecule has 0 aliphatic rings. The van der Waals surface area contributed by atoms with E-state index in [1.54, 1.807) is 6.08 Å². The summed E-state index contributed by atoms with van der Waals surface area (Å²) in [5.41, 5.74) is 0. The van der Waals surface area contributed by atoms with Crippen LogP contribution in [0.15, 0.2) is 24.3 Å². The van der Waals surface area contributed by atoms with Gasteiger partial charge in [0.05, 0.1) is 25.4 Å². The summed E-state index contributed by atoms with van der Waals surface area (Å²) >= 11 is 0. The zero-order chi connectivity index (χ0) is 59.9. The molecular weight excluding hydrogens is 1020 g/mol. The summed E-state index contributed by atoms with van der Waals surface area (Å²) in [6, 6.07) is -0.628. The fraction of sp³-hybridized carbons (Fsp3) is 0.922. The summed E-state index contributed by atoms with van der Waals surface area (Å²) in [4.78, 5) is 24.6. The van der Waals surface area contributed by atoms with Crippen molar-refractivity contribution in [2.24, 2.45) is 0 Å². The second-order valence-electron chi connectivity index (χ2n) is 26.3. The topological polar surface area (TPSA) is 95.9 Å². The molecule has 0 bridgehead atoms. The van der Waals surface area contributed by atoms with Crippen molar-refractivity contribution in [2.75, 3.05) is 13.2 Å². The highest BCUT2D eigenvalue weighted by molar-refractivity contribution is 5.76. The van der Waals surface area contributed by atoms with Gasteiger partial charge in [-0.25, -0.2) is 0 Å². The van der Waals surface area contributed by atoms with E-state index < -0.39 is 12.1 Å². The van der Waals surface area contributed by atoms with Gasteiger partial charge < -0.3 is 20.3 Å². The molecule has 0 spiro atoms. The smallest absolute Gasteiger partial charge is 0.305 e. The number of amides is 1. The van der Waals surface area contributed by atoms with Crippen molar-refractivity contribution in [3.63, 3.8) is 0 Å². The van der Waals surface area contributed by atoms with Crippen LogP contribution in [0, 0.1) is 0 Å². The van der Waals surface area contributed by atoms with Crippen molar-refractivity contribution in [3.05, 3.63) is 24.3 Å². The summed E-state index contributed by atoms with van der Waals surface area (Å²) in [6.07, 6.45) is 92.8. The summed E-state index contributed by atoms with van der Waals surface area (Å²) < 4.78 is 5.51. The van der Waals surface area contributed by atoms with E-state index in [0.29, 0.717) is 19.4 Å². The number of rotatable bonds is 72. The number of esters is 1. The first-order chi connectivity index (χ1) is 41.0. The predicted octanol–water partition coefficient (Wildman–Crippen LogP) is 24.9. The molecule has 6 heteroatoms. The third-order valence-electron chi connectivity index (χ3n) is 18.0. The van der Waals surface area contributed by atoms with Gasteiger partial charge in [0.15, 0.2) is 0 Å². The molecule has 0 aromatic heterocycles. The van der Waals surface area contributed by atoms with Gasteiger partial charge in [0.25, 0.3) is 0 Å². The molecule has 2 unspecified atom stereocenters. The van der Waals surface area contributed by atoms with Gasteiger partial charge in [-0.3, -0.25) is 9.59 Å². The van der Waals surface area contributed by atoms with Gasteiger partial charge in [-0.05, 0) is 57.8 Å². The van der Waals surface area contributed by atoms with Crippen molar-refractivity contribution in [2.45, 2.75) is 443 Å². The van der Waals surface area contributed by atoms with Crippen molar-refractivity contribution in [3.8, 4) is 0 Å². The van der Waals surface area contributed by atoms with E-state index in [9.17, 15) is 19.8 Å². The van der Waals surface area contributed by atoms with Crippen molar-refractivity contribution in [1.29, 1.82) is 0 Å². The van der Waals surface area contributed by atoms with Crippen LogP contribution in [0.1, 0.15) is 431 Å². The second kappa shape index (κ2) is 72.8. The van der Waals surface area contributed by atoms with Crippen LogP contribution in [-0.2, 0) is 14.3 Å². The quantitative estimate of drug-likeness (QED) is 0.0320. The molecule has 1 amide bonds. The molecule has 6 nitrogen and oxygen atoms in total. The van der Waals surface area contributed by atoms with Crippen LogP contribution in [0.2, 0.25) is 0 Å². The first-order valence-corrected chi connectivity index (χ1v) is 38.1. The lowest BCUT2D eigenvalue weighted by Gasteiger charge is -2.20. The molecule has 0 fully saturated rings. The van der Waals surface area contributed by atoms with E-state index in [1.807, 2.05) is 6.08 Å². The van der Waals surface area contributed by atoms with E-state index in [-0.39, 0.29) is 18.5 Å². The van der Waals surface area contributed by atoms with E-state index in [2.05, 4.69) is 31.3 Å². The van der Waals surface area contributed by atoms with E-state index in [1.165, 1.54) is 366 Å². The first-order valence-electron chi connectivity index (χ1n) is 38.1. The zero-order valence-corrected chi connectivity index (χ0v) is 56.5. The second-order valence-corrected chi connectivity index (χ2v) is 26.3. The molecule has 0 rings (SSSR count). The van der Waals surface area contributed by atoms with Crippen LogP contribution in [0.4, 0.5) is 0 Å². The number of aliphatic hydroxyl groups excluding tert-OH is 2. The molecule has 0 saturated carbocycles. The Hall–Kier alpha value is -1.66. The van der Waals surface area contributed by atoms with Crippen molar-refractivity contribution >= 4 is 11.9 Å². The maximum Gasteiger partial charge on any atom is 0.305 e. The standard InChI is InChI=1S/C77H149NO5/c1-3-5-7-9-11-13-15-17-19-21-22-32-35-38-41-45-49-53-57-61-65-69-75(80)74(73-79)78-76(81)70-66-62-58-54-50-46-42-39-36-33-30-28-26-24-23-25-27-29-31-34-37-40-44-48-52-56-60-64-68-72-83-77(82)71-67-63-59-55-51-47-43-20-18-16-14-12-10-8-6-4-2/h23,25,65,69,74-75,79-80H,3-22,24,26-64,66-68,70-73H2,1-2H3,(H,78,81)/b25-23-,69-65+. The molecule has 0 saturated heterocycles. The minimum atomic E-state index is -0.845. The van der Waals surface area contributed by atoms with Crippen LogP contribution in [0.5, 0.6) is 0 Å². The Balaban J connectivity index is 3.38. The summed E-state index contributed by atoms with van der Waals surface area (Å²) in [7, 11) is 0. The number of hydrogen-bond acceptors (Lipinski definition) is 5. The lowest BCUT2D eigenvalue weighted by atomic mass is 10.0. The van der Waals surface area contributed by atoms with Gasteiger partial charge in [-0.2, -0.15) is 0 Å². The zero-order valence-electron chi connectivity index (χ0n) is 56.5. The largest absolute Gasteiger partial charge is 0.466 e. The third kappa shape index (κ3) is 69.3. The van der Waals surface area contributed by atoms with Gasteiger partial charge in [0.1, 0.15) is 0 Å². The average Bonchev–Trinajstić information content (AvgIpc) is 3.49. The number of aliphatic hydroxyl groups is 2. The number of hydrogen-bond donors (Lipinski definition) is 3. The van der Waals surface area contributed by atoms with E-state index in [0.717, 1.165) is 38.5 Å². The maximum atomic E-state index is 12.5. The van der Waals surface area contributed by atoms with Crippen LogP contribution >= 0.6 is 0 Å². The Morgan fingerprint density at radius 3 is 0.855 bits per heavy atom. The van der Waals surface area contributed by atoms with Gasteiger partial charge in [-0.1, -0.05) is 385 Å². The molecule has 0 aromatic rings. The molecule has 0 radical (unpaired) electrons. The van der Waals surface area contributed by atoms with Gasteiger partial charge >= 0.3 is 5.97 Å². The Morgan fingerprint density at radius 1 is 0.325 bits per heavy atom. The molecule has 3 N–H and O–H groups in total. The van der Waals surface area contributed by atoms with Crippen LogP contribution in [0.3, 0.4) is 0 Å². The van der Waals surface area contributed by atoms with Crippen molar-refractivity contribution in [1.82, 2.24) is 5.32 Å². The fourth-order valence-electron chi connectivity index (χ4n) is 12.2. The number of ether oxygens (including phenoxy) is 1. The molecule has 0 heterocycles. The fourth-order valence-corrected chi connectivity index (χ4v) is 12.2. The predicted molar refractivity (Wildman–Crippen MR) is 366 cm³/mol. The van der Waals surface area contributed by atoms with Gasteiger partial charge in [-0.15, -0.1) is 0 Å². The maximum absolute atomic E-state index is 12.5. The van der Waals surface area contributed by atoms with Gasteiger partial charge in [0, 0.05) is 12.8 Å². The number of allylic oxidation sites excluding steroid dienone is 3. The Morgan fingerprint density at radius 2 is 0.566 bits per heavy atom. The summed E-state index contributed by atoms with van der Waals surface area (Å²) in [6.45, 7) is 4.96. The summed E-state index contributed by atoms with van der Waals surface area (Å²) in [5, 5.41) is 23.3. The first kappa shape index (κ1) is 81.3. The Bertz CT molecular complexity index is 1300. The van der Waals surface area contributed by atoms with Crippen molar-refractivity contribution < 1.29 is 24.5 Å². The van der Waals surface area contributed by atoms with Gasteiger partial charge in [0.2, 0.25) is 5.91 Å². The SMILES string of the molecule is CCCCCCCCCCCCCCCCCCCCC/C=C/C(O)C(CO)NC(=O)CCCCCCCCCCCCCCC/C=C\CCCCCCCCCCCCCCOC(=O)CCCCCCCCCCCCCCCCCC. The monoisotopic (exact) mass is 1170 g/mol. The number of carbonyl (C=O) groups is 2. The molecular formula is C77H149NO5. The number of nitrogens with one attached hydrogen (secondary N) is 1. The lowest BCUT2D eigenvalue weighted by Crippen LogP contribution is -2.45. The third-order valence-corrected chi connectivity index (χ3v) is 18.0. The minimum Gasteiger partial charge on any atom is -0.466 e. The molecule has 0 aromatic carbocycles.